The van der Waals surface area contributed by atoms with Gasteiger partial charge in [0.05, 0.1) is 19.8 Å². The molecule has 5 heteroatoms. The molecule has 1 aromatic rings. The molecule has 0 atom stereocenters. The lowest BCUT2D eigenvalue weighted by molar-refractivity contribution is 0.0795. The van der Waals surface area contributed by atoms with E-state index in [-0.39, 0.29) is 11.4 Å². The first-order chi connectivity index (χ1) is 11.0. The van der Waals surface area contributed by atoms with E-state index in [0.717, 1.165) is 13.1 Å². The number of nitrogens with one attached hydrogen (secondary N) is 1. The van der Waals surface area contributed by atoms with Gasteiger partial charge in [-0.2, -0.15) is 0 Å². The molecule has 5 nitrogen and oxygen atoms in total. The Balaban J connectivity index is 2.03. The first-order valence-corrected chi connectivity index (χ1v) is 8.23. The smallest absolute Gasteiger partial charge is 0.255 e. The summed E-state index contributed by atoms with van der Waals surface area (Å²) in [5.74, 6) is 1.07. The molecule has 0 radical (unpaired) electrons. The van der Waals surface area contributed by atoms with Crippen LogP contribution in [0.3, 0.4) is 0 Å². The summed E-state index contributed by atoms with van der Waals surface area (Å²) in [4.78, 5) is 15.0. The van der Waals surface area contributed by atoms with Crippen LogP contribution >= 0.6 is 0 Å². The molecule has 0 unspecified atom stereocenters. The van der Waals surface area contributed by atoms with Gasteiger partial charge in [0, 0.05) is 12.1 Å². The van der Waals surface area contributed by atoms with Crippen molar-refractivity contribution in [3.05, 3.63) is 23.8 Å². The molecule has 1 aliphatic rings. The van der Waals surface area contributed by atoms with Crippen LogP contribution < -0.4 is 14.8 Å². The molecule has 0 spiro atoms. The number of methoxy groups -OCH3 is 2. The lowest BCUT2D eigenvalue weighted by atomic mass is 9.98. The number of nitrogens with zero attached hydrogens (tertiary/aromatic N) is 1. The van der Waals surface area contributed by atoms with Gasteiger partial charge < -0.3 is 14.8 Å². The quantitative estimate of drug-likeness (QED) is 0.875. The number of hydrogen-bond acceptors (Lipinski definition) is 4. The van der Waals surface area contributed by atoms with E-state index in [1.165, 1.54) is 19.3 Å². The molecule has 23 heavy (non-hydrogen) atoms. The molecule has 1 N–H and O–H groups in total. The molecule has 1 saturated heterocycles. The van der Waals surface area contributed by atoms with E-state index in [2.05, 4.69) is 24.1 Å². The third-order valence-electron chi connectivity index (χ3n) is 4.54. The van der Waals surface area contributed by atoms with Crippen LogP contribution in [-0.2, 0) is 0 Å². The molecule has 1 fully saturated rings. The minimum atomic E-state index is -0.133. The van der Waals surface area contributed by atoms with Gasteiger partial charge in [0.2, 0.25) is 0 Å². The minimum absolute atomic E-state index is 0.0534. The number of hydrogen-bond donors (Lipinski definition) is 1. The van der Waals surface area contributed by atoms with Crippen LogP contribution in [0.5, 0.6) is 11.5 Å². The van der Waals surface area contributed by atoms with Crippen molar-refractivity contribution in [2.75, 3.05) is 33.9 Å². The van der Waals surface area contributed by atoms with Crippen LogP contribution in [0.1, 0.15) is 43.5 Å². The van der Waals surface area contributed by atoms with Crippen molar-refractivity contribution in [1.29, 1.82) is 0 Å². The summed E-state index contributed by atoms with van der Waals surface area (Å²) in [5.41, 5.74) is 0.448. The van der Waals surface area contributed by atoms with Gasteiger partial charge in [-0.15, -0.1) is 0 Å². The number of benzene rings is 1. The van der Waals surface area contributed by atoms with Crippen molar-refractivity contribution in [3.8, 4) is 11.5 Å². The molecule has 0 aromatic heterocycles. The van der Waals surface area contributed by atoms with Crippen LogP contribution in [0, 0.1) is 0 Å². The maximum absolute atomic E-state index is 12.6. The van der Waals surface area contributed by atoms with Gasteiger partial charge in [-0.3, -0.25) is 9.69 Å². The summed E-state index contributed by atoms with van der Waals surface area (Å²) in [6.07, 6.45) is 3.78. The maximum atomic E-state index is 12.6. The molecule has 0 aliphatic carbocycles. The Bertz CT molecular complexity index is 537. The van der Waals surface area contributed by atoms with Gasteiger partial charge in [0.25, 0.3) is 5.91 Å². The molecule has 2 rings (SSSR count). The molecule has 1 aliphatic heterocycles. The fourth-order valence-corrected chi connectivity index (χ4v) is 2.99. The molecular formula is C18H28N2O3. The Kier molecular flexibility index (Phi) is 5.88. The van der Waals surface area contributed by atoms with E-state index in [9.17, 15) is 4.79 Å². The van der Waals surface area contributed by atoms with Crippen LogP contribution in [0.4, 0.5) is 0 Å². The van der Waals surface area contributed by atoms with E-state index < -0.39 is 0 Å². The SMILES string of the molecule is COc1ccc(OC)c(C(=O)NCC(C)(C)N2CCCCC2)c1. The average molecular weight is 320 g/mol. The number of carbonyl (C=O) groups is 1. The van der Waals surface area contributed by atoms with E-state index in [1.54, 1.807) is 32.4 Å². The standard InChI is InChI=1S/C18H28N2O3/c1-18(2,20-10-6-5-7-11-20)13-19-17(21)15-12-14(22-3)8-9-16(15)23-4/h8-9,12H,5-7,10-11,13H2,1-4H3,(H,19,21). The summed E-state index contributed by atoms with van der Waals surface area (Å²) < 4.78 is 10.5. The summed E-state index contributed by atoms with van der Waals surface area (Å²) in [5, 5.41) is 3.05. The number of likely N-dealkylation sites (tertiary alicyclic amines) is 1. The lowest BCUT2D eigenvalue weighted by Crippen LogP contribution is -2.53. The van der Waals surface area contributed by atoms with Crippen LogP contribution in [0.15, 0.2) is 18.2 Å². The normalized spacial score (nSPS) is 16.0. The Morgan fingerprint density at radius 2 is 1.87 bits per heavy atom. The zero-order valence-electron chi connectivity index (χ0n) is 14.6. The molecular weight excluding hydrogens is 292 g/mol. The van der Waals surface area contributed by atoms with Gasteiger partial charge in [-0.25, -0.2) is 0 Å². The van der Waals surface area contributed by atoms with E-state index >= 15 is 0 Å². The fraction of sp³-hybridized carbons (Fsp3) is 0.611. The third-order valence-corrected chi connectivity index (χ3v) is 4.54. The fourth-order valence-electron chi connectivity index (χ4n) is 2.99. The topological polar surface area (TPSA) is 50.8 Å². The van der Waals surface area contributed by atoms with Crippen LogP contribution in [0.2, 0.25) is 0 Å². The van der Waals surface area contributed by atoms with Crippen molar-refractivity contribution < 1.29 is 14.3 Å². The van der Waals surface area contributed by atoms with Crippen molar-refractivity contribution >= 4 is 5.91 Å². The zero-order chi connectivity index (χ0) is 16.9. The molecule has 1 aromatic carbocycles. The Morgan fingerprint density at radius 1 is 1.17 bits per heavy atom. The molecule has 1 amide bonds. The second kappa shape index (κ2) is 7.68. The van der Waals surface area contributed by atoms with Gasteiger partial charge >= 0.3 is 0 Å². The third kappa shape index (κ3) is 4.38. The number of piperidine rings is 1. The van der Waals surface area contributed by atoms with Crippen molar-refractivity contribution in [1.82, 2.24) is 10.2 Å². The summed E-state index contributed by atoms with van der Waals surface area (Å²) in [6, 6.07) is 5.25. The Labute approximate surface area is 139 Å². The second-order valence-electron chi connectivity index (χ2n) is 6.61. The van der Waals surface area contributed by atoms with Crippen LogP contribution in [0.25, 0.3) is 0 Å². The Hall–Kier alpha value is -1.75. The lowest BCUT2D eigenvalue weighted by Gasteiger charge is -2.41. The van der Waals surface area contributed by atoms with E-state index in [0.29, 0.717) is 23.6 Å². The highest BCUT2D eigenvalue weighted by Gasteiger charge is 2.28. The predicted molar refractivity (Wildman–Crippen MR) is 91.4 cm³/mol. The Morgan fingerprint density at radius 3 is 2.48 bits per heavy atom. The van der Waals surface area contributed by atoms with Crippen molar-refractivity contribution in [2.45, 2.75) is 38.6 Å². The van der Waals surface area contributed by atoms with E-state index in [4.69, 9.17) is 9.47 Å². The molecule has 0 saturated carbocycles. The van der Waals surface area contributed by atoms with Gasteiger partial charge in [0.1, 0.15) is 11.5 Å². The number of carbonyl (C=O) groups excluding carboxylic acids is 1. The summed E-state index contributed by atoms with van der Waals surface area (Å²) in [6.45, 7) is 7.17. The highest BCUT2D eigenvalue weighted by Crippen LogP contribution is 2.24. The number of rotatable bonds is 6. The molecule has 128 valence electrons. The average Bonchev–Trinajstić information content (AvgIpc) is 2.59. The minimum Gasteiger partial charge on any atom is -0.497 e. The first-order valence-electron chi connectivity index (χ1n) is 8.23. The van der Waals surface area contributed by atoms with Gasteiger partial charge in [0.15, 0.2) is 0 Å². The molecule has 0 bridgehead atoms. The predicted octanol–water partition coefficient (Wildman–Crippen LogP) is 2.70. The zero-order valence-corrected chi connectivity index (χ0v) is 14.6. The summed E-state index contributed by atoms with van der Waals surface area (Å²) >= 11 is 0. The summed E-state index contributed by atoms with van der Waals surface area (Å²) in [7, 11) is 3.15. The molecule has 1 heterocycles. The van der Waals surface area contributed by atoms with E-state index in [1.807, 2.05) is 0 Å². The number of ether oxygens (including phenoxy) is 2. The van der Waals surface area contributed by atoms with Gasteiger partial charge in [-0.05, 0) is 58.0 Å². The van der Waals surface area contributed by atoms with Crippen molar-refractivity contribution in [2.24, 2.45) is 0 Å². The largest absolute Gasteiger partial charge is 0.497 e. The van der Waals surface area contributed by atoms with Crippen molar-refractivity contribution in [3.63, 3.8) is 0 Å². The maximum Gasteiger partial charge on any atom is 0.255 e. The highest BCUT2D eigenvalue weighted by molar-refractivity contribution is 5.97. The van der Waals surface area contributed by atoms with Crippen LogP contribution in [-0.4, -0.2) is 50.2 Å². The first kappa shape index (κ1) is 17.6. The highest BCUT2D eigenvalue weighted by atomic mass is 16.5. The van der Waals surface area contributed by atoms with Gasteiger partial charge in [-0.1, -0.05) is 6.42 Å². The second-order valence-corrected chi connectivity index (χ2v) is 6.61. The monoisotopic (exact) mass is 320 g/mol. The number of amides is 1.